The molecule has 104 valence electrons. The van der Waals surface area contributed by atoms with Gasteiger partial charge in [-0.15, -0.1) is 0 Å². The fourth-order valence-corrected chi connectivity index (χ4v) is 3.12. The van der Waals surface area contributed by atoms with Gasteiger partial charge in [0.1, 0.15) is 0 Å². The van der Waals surface area contributed by atoms with Crippen molar-refractivity contribution in [3.05, 3.63) is 28.8 Å². The summed E-state index contributed by atoms with van der Waals surface area (Å²) in [6.45, 7) is 4.47. The first-order chi connectivity index (χ1) is 9.24. The third-order valence-electron chi connectivity index (χ3n) is 4.32. The van der Waals surface area contributed by atoms with Crippen LogP contribution in [0, 0.1) is 0 Å². The van der Waals surface area contributed by atoms with Crippen molar-refractivity contribution < 1.29 is 0 Å². The van der Waals surface area contributed by atoms with Gasteiger partial charge in [-0.2, -0.15) is 0 Å². The first-order valence-electron chi connectivity index (χ1n) is 7.52. The maximum Gasteiger partial charge on any atom is 0.0429 e. The summed E-state index contributed by atoms with van der Waals surface area (Å²) in [5, 5.41) is 4.47. The van der Waals surface area contributed by atoms with Crippen molar-refractivity contribution in [1.29, 1.82) is 0 Å². The second-order valence-corrected chi connectivity index (χ2v) is 6.40. The van der Waals surface area contributed by atoms with E-state index in [1.165, 1.54) is 43.4 Å². The Bertz CT molecular complexity index is 442. The van der Waals surface area contributed by atoms with Gasteiger partial charge in [0.2, 0.25) is 0 Å². The van der Waals surface area contributed by atoms with E-state index in [0.29, 0.717) is 6.04 Å². The smallest absolute Gasteiger partial charge is 0.0429 e. The molecule has 1 heterocycles. The van der Waals surface area contributed by atoms with E-state index in [2.05, 4.69) is 29.3 Å². The summed E-state index contributed by atoms with van der Waals surface area (Å²) in [5.74, 6) is 0. The number of hydrogen-bond donors (Lipinski definition) is 1. The van der Waals surface area contributed by atoms with E-state index in [1.54, 1.807) is 0 Å². The normalized spacial score (nSPS) is 23.7. The molecular weight excluding hydrogens is 256 g/mol. The highest BCUT2D eigenvalue weighted by atomic mass is 35.5. The molecule has 0 aromatic heterocycles. The maximum atomic E-state index is 6.21. The maximum absolute atomic E-state index is 6.21. The summed E-state index contributed by atoms with van der Waals surface area (Å²) in [7, 11) is 0. The summed E-state index contributed by atoms with van der Waals surface area (Å²) in [6.07, 6.45) is 6.62. The Morgan fingerprint density at radius 3 is 2.84 bits per heavy atom. The first-order valence-corrected chi connectivity index (χ1v) is 7.90. The van der Waals surface area contributed by atoms with E-state index in [9.17, 15) is 0 Å². The molecule has 3 heteroatoms. The number of rotatable bonds is 4. The van der Waals surface area contributed by atoms with E-state index >= 15 is 0 Å². The van der Waals surface area contributed by atoms with E-state index < -0.39 is 0 Å². The largest absolute Gasteiger partial charge is 0.369 e. The van der Waals surface area contributed by atoms with Crippen molar-refractivity contribution in [3.63, 3.8) is 0 Å². The van der Waals surface area contributed by atoms with Crippen LogP contribution in [0.2, 0.25) is 5.02 Å². The summed E-state index contributed by atoms with van der Waals surface area (Å²) >= 11 is 6.21. The lowest BCUT2D eigenvalue weighted by molar-refractivity contribution is 0.483. The number of nitrogens with zero attached hydrogens (tertiary/aromatic N) is 1. The van der Waals surface area contributed by atoms with Gasteiger partial charge >= 0.3 is 0 Å². The van der Waals surface area contributed by atoms with Crippen molar-refractivity contribution in [2.24, 2.45) is 0 Å². The molecule has 2 fully saturated rings. The molecule has 1 N–H and O–H groups in total. The van der Waals surface area contributed by atoms with Crippen LogP contribution in [0.5, 0.6) is 0 Å². The highest BCUT2D eigenvalue weighted by Crippen LogP contribution is 2.31. The lowest BCUT2D eigenvalue weighted by atomic mass is 10.0. The van der Waals surface area contributed by atoms with Gasteiger partial charge in [-0.05, 0) is 56.7 Å². The quantitative estimate of drug-likeness (QED) is 0.896. The van der Waals surface area contributed by atoms with E-state index in [-0.39, 0.29) is 0 Å². The molecule has 2 nitrogen and oxygen atoms in total. The average Bonchev–Trinajstić information content (AvgIpc) is 3.22. The van der Waals surface area contributed by atoms with Crippen LogP contribution in [-0.2, 0) is 6.54 Å². The van der Waals surface area contributed by atoms with Crippen LogP contribution in [-0.4, -0.2) is 18.6 Å². The molecule has 1 aliphatic carbocycles. The van der Waals surface area contributed by atoms with E-state index in [4.69, 9.17) is 11.6 Å². The Labute approximate surface area is 121 Å². The Morgan fingerprint density at radius 1 is 1.26 bits per heavy atom. The number of halogens is 1. The van der Waals surface area contributed by atoms with Gasteiger partial charge in [0.05, 0.1) is 0 Å². The first kappa shape index (κ1) is 13.3. The molecule has 0 radical (unpaired) electrons. The molecular formula is C16H23ClN2. The molecule has 1 aromatic rings. The lowest BCUT2D eigenvalue weighted by Crippen LogP contribution is -2.38. The highest BCUT2D eigenvalue weighted by Gasteiger charge is 2.23. The molecule has 3 rings (SSSR count). The molecule has 1 unspecified atom stereocenters. The minimum atomic E-state index is 0.631. The minimum Gasteiger partial charge on any atom is -0.369 e. The zero-order valence-electron chi connectivity index (χ0n) is 11.7. The van der Waals surface area contributed by atoms with Crippen molar-refractivity contribution in [2.45, 2.75) is 57.7 Å². The Balaban J connectivity index is 1.81. The third kappa shape index (κ3) is 3.24. The summed E-state index contributed by atoms with van der Waals surface area (Å²) in [5.41, 5.74) is 2.73. The lowest BCUT2D eigenvalue weighted by Gasteiger charge is -2.37. The second kappa shape index (κ2) is 5.72. The predicted octanol–water partition coefficient (Wildman–Crippen LogP) is 3.97. The standard InChI is InChI=1S/C16H23ClN2/c1-12-4-2-3-9-19(12)16-10-14(17)6-5-13(16)11-18-15-7-8-15/h5-6,10,12,15,18H,2-4,7-9,11H2,1H3. The minimum absolute atomic E-state index is 0.631. The Morgan fingerprint density at radius 2 is 2.11 bits per heavy atom. The van der Waals surface area contributed by atoms with Crippen LogP contribution >= 0.6 is 11.6 Å². The van der Waals surface area contributed by atoms with E-state index in [1.807, 2.05) is 6.07 Å². The molecule has 1 saturated heterocycles. The van der Waals surface area contributed by atoms with Crippen LogP contribution in [0.25, 0.3) is 0 Å². The topological polar surface area (TPSA) is 15.3 Å². The number of anilines is 1. The van der Waals surface area contributed by atoms with Crippen molar-refractivity contribution >= 4 is 17.3 Å². The fourth-order valence-electron chi connectivity index (χ4n) is 2.95. The van der Waals surface area contributed by atoms with Gasteiger partial charge in [-0.3, -0.25) is 0 Å². The van der Waals surface area contributed by atoms with Gasteiger partial charge in [-0.1, -0.05) is 17.7 Å². The van der Waals surface area contributed by atoms with Crippen LogP contribution in [0.3, 0.4) is 0 Å². The van der Waals surface area contributed by atoms with Crippen LogP contribution < -0.4 is 10.2 Å². The third-order valence-corrected chi connectivity index (χ3v) is 4.55. The summed E-state index contributed by atoms with van der Waals surface area (Å²) in [6, 6.07) is 7.74. The van der Waals surface area contributed by atoms with Crippen molar-refractivity contribution in [2.75, 3.05) is 11.4 Å². The second-order valence-electron chi connectivity index (χ2n) is 5.97. The summed E-state index contributed by atoms with van der Waals surface area (Å²) in [4.78, 5) is 2.54. The number of nitrogens with one attached hydrogen (secondary N) is 1. The molecule has 0 bridgehead atoms. The predicted molar refractivity (Wildman–Crippen MR) is 82.0 cm³/mol. The van der Waals surface area contributed by atoms with Gasteiger partial charge in [0, 0.05) is 35.9 Å². The summed E-state index contributed by atoms with van der Waals surface area (Å²) < 4.78 is 0. The number of benzene rings is 1. The van der Waals surface area contributed by atoms with Gasteiger partial charge in [0.25, 0.3) is 0 Å². The molecule has 1 atom stereocenters. The highest BCUT2D eigenvalue weighted by molar-refractivity contribution is 6.30. The van der Waals surface area contributed by atoms with Crippen LogP contribution in [0.4, 0.5) is 5.69 Å². The van der Waals surface area contributed by atoms with Crippen molar-refractivity contribution in [3.8, 4) is 0 Å². The molecule has 1 aromatic carbocycles. The molecule has 0 spiro atoms. The zero-order chi connectivity index (χ0) is 13.2. The number of piperidine rings is 1. The number of hydrogen-bond acceptors (Lipinski definition) is 2. The van der Waals surface area contributed by atoms with E-state index in [0.717, 1.165) is 24.2 Å². The van der Waals surface area contributed by atoms with Gasteiger partial charge in [-0.25, -0.2) is 0 Å². The molecule has 2 aliphatic rings. The molecule has 1 saturated carbocycles. The zero-order valence-corrected chi connectivity index (χ0v) is 12.4. The van der Waals surface area contributed by atoms with Gasteiger partial charge < -0.3 is 10.2 Å². The monoisotopic (exact) mass is 278 g/mol. The molecule has 0 amide bonds. The fraction of sp³-hybridized carbons (Fsp3) is 0.625. The van der Waals surface area contributed by atoms with Crippen molar-refractivity contribution in [1.82, 2.24) is 5.32 Å². The van der Waals surface area contributed by atoms with Gasteiger partial charge in [0.15, 0.2) is 0 Å². The Kier molecular flexibility index (Phi) is 3.99. The average molecular weight is 279 g/mol. The van der Waals surface area contributed by atoms with Crippen LogP contribution in [0.15, 0.2) is 18.2 Å². The Hall–Kier alpha value is -0.730. The van der Waals surface area contributed by atoms with Crippen LogP contribution in [0.1, 0.15) is 44.6 Å². The molecule has 1 aliphatic heterocycles. The molecule has 19 heavy (non-hydrogen) atoms. The SMILES string of the molecule is CC1CCCCN1c1cc(Cl)ccc1CNC1CC1.